The molecule has 0 saturated carbocycles. The molecule has 10 nitrogen and oxygen atoms in total. The van der Waals surface area contributed by atoms with Crippen LogP contribution < -0.4 is 22.1 Å². The van der Waals surface area contributed by atoms with Gasteiger partial charge in [0.2, 0.25) is 5.78 Å². The van der Waals surface area contributed by atoms with Crippen LogP contribution >= 0.6 is 11.6 Å². The van der Waals surface area contributed by atoms with Crippen molar-refractivity contribution in [3.63, 3.8) is 0 Å². The molecule has 11 heteroatoms. The lowest BCUT2D eigenvalue weighted by Gasteiger charge is -2.39. The Hall–Kier alpha value is -3.79. The predicted molar refractivity (Wildman–Crippen MR) is 126 cm³/mol. The van der Waals surface area contributed by atoms with Gasteiger partial charge in [-0.25, -0.2) is 9.97 Å². The molecule has 5 rings (SSSR count). The Bertz CT molecular complexity index is 1290. The summed E-state index contributed by atoms with van der Waals surface area (Å²) in [7, 11) is 0. The van der Waals surface area contributed by atoms with Crippen molar-refractivity contribution in [1.29, 1.82) is 0 Å². The summed E-state index contributed by atoms with van der Waals surface area (Å²) >= 11 is 5.88. The third-order valence-electron chi connectivity index (χ3n) is 6.26. The fraction of sp³-hybridized carbons (Fsp3) is 0.273. The van der Waals surface area contributed by atoms with E-state index in [4.69, 9.17) is 23.1 Å². The molecule has 4 heterocycles. The van der Waals surface area contributed by atoms with Crippen LogP contribution in [0, 0.1) is 0 Å². The number of allylic oxidation sites excluding steroid dienone is 1. The summed E-state index contributed by atoms with van der Waals surface area (Å²) in [5.41, 5.74) is 12.7. The van der Waals surface area contributed by atoms with Crippen molar-refractivity contribution in [2.75, 3.05) is 31.1 Å². The monoisotopic (exact) mass is 466 g/mol. The van der Waals surface area contributed by atoms with Crippen LogP contribution in [0.3, 0.4) is 0 Å². The second-order valence-corrected chi connectivity index (χ2v) is 8.71. The molecular weight excluding hydrogens is 444 g/mol. The van der Waals surface area contributed by atoms with Crippen LogP contribution in [-0.4, -0.2) is 56.7 Å². The van der Waals surface area contributed by atoms with Crippen LogP contribution in [0.2, 0.25) is 5.15 Å². The van der Waals surface area contributed by atoms with Gasteiger partial charge in [-0.15, -0.1) is 0 Å². The fourth-order valence-corrected chi connectivity index (χ4v) is 4.56. The predicted octanol–water partition coefficient (Wildman–Crippen LogP) is 1.67. The average Bonchev–Trinajstić information content (AvgIpc) is 3.43. The van der Waals surface area contributed by atoms with E-state index in [1.54, 1.807) is 0 Å². The molecule has 1 spiro atoms. The minimum Gasteiger partial charge on any atom is -0.382 e. The number of fused-ring (bicyclic) bond motifs is 1. The van der Waals surface area contributed by atoms with Gasteiger partial charge < -0.3 is 32.0 Å². The van der Waals surface area contributed by atoms with Crippen molar-refractivity contribution in [1.82, 2.24) is 30.5 Å². The number of nitrogens with two attached hydrogens (primary N) is 2. The SMILES string of the molecule is Nc1nc(N)c(C(=O)/C=C2\NCC3(CCN(C(=O)c4cccc5[nH]ccc45)CC3)N2)nc1Cl. The van der Waals surface area contributed by atoms with Crippen molar-refractivity contribution in [3.05, 3.63) is 58.8 Å². The van der Waals surface area contributed by atoms with Crippen molar-refractivity contribution in [2.45, 2.75) is 18.4 Å². The van der Waals surface area contributed by atoms with Gasteiger partial charge in [0.1, 0.15) is 5.82 Å². The number of anilines is 2. The lowest BCUT2D eigenvalue weighted by Crippen LogP contribution is -2.53. The number of benzene rings is 1. The Balaban J connectivity index is 1.26. The van der Waals surface area contributed by atoms with E-state index in [0.717, 1.165) is 23.7 Å². The van der Waals surface area contributed by atoms with Crippen LogP contribution in [0.15, 0.2) is 42.4 Å². The summed E-state index contributed by atoms with van der Waals surface area (Å²) in [6.07, 6.45) is 4.73. The molecular formula is C22H23ClN8O2. The molecule has 1 amide bonds. The molecule has 7 N–H and O–H groups in total. The highest BCUT2D eigenvalue weighted by Gasteiger charge is 2.40. The Morgan fingerprint density at radius 3 is 2.70 bits per heavy atom. The lowest BCUT2D eigenvalue weighted by atomic mass is 9.88. The number of aromatic amines is 1. The number of carbonyl (C=O) groups excluding carboxylic acids is 2. The highest BCUT2D eigenvalue weighted by Crippen LogP contribution is 2.29. The fourth-order valence-electron chi connectivity index (χ4n) is 4.43. The maximum Gasteiger partial charge on any atom is 0.254 e. The number of likely N-dealkylation sites (tertiary alicyclic amines) is 1. The standard InChI is InChI=1S/C22H23ClN8O2/c23-18-20(25)29-19(24)17(28-18)15(32)10-16-27-11-22(30-16)5-8-31(9-6-22)21(33)13-2-1-3-14-12(13)4-7-26-14/h1-4,7,10,26-27,30H,5-6,8-9,11H2,(H4,24,25,29)/b16-10+. The summed E-state index contributed by atoms with van der Waals surface area (Å²) in [5, 5.41) is 7.51. The third kappa shape index (κ3) is 3.82. The van der Waals surface area contributed by atoms with Gasteiger partial charge in [-0.05, 0) is 31.0 Å². The second-order valence-electron chi connectivity index (χ2n) is 8.35. The van der Waals surface area contributed by atoms with Gasteiger partial charge in [-0.2, -0.15) is 0 Å². The number of nitrogen functional groups attached to an aromatic ring is 2. The van der Waals surface area contributed by atoms with Crippen LogP contribution in [0.5, 0.6) is 0 Å². The molecule has 2 fully saturated rings. The Kier molecular flexibility index (Phi) is 5.09. The number of carbonyl (C=O) groups is 2. The Morgan fingerprint density at radius 1 is 1.12 bits per heavy atom. The number of nitrogens with zero attached hydrogens (tertiary/aromatic N) is 3. The Morgan fingerprint density at radius 2 is 1.91 bits per heavy atom. The first kappa shape index (κ1) is 21.1. The molecule has 170 valence electrons. The number of aromatic nitrogens is 3. The first-order chi connectivity index (χ1) is 15.8. The Labute approximate surface area is 194 Å². The first-order valence-corrected chi connectivity index (χ1v) is 10.9. The number of H-pyrrole nitrogens is 1. The van der Waals surface area contributed by atoms with E-state index in [0.29, 0.717) is 31.0 Å². The molecule has 0 unspecified atom stereocenters. The molecule has 2 aliphatic heterocycles. The molecule has 3 aromatic rings. The van der Waals surface area contributed by atoms with Gasteiger partial charge in [-0.3, -0.25) is 9.59 Å². The van der Waals surface area contributed by atoms with Crippen LogP contribution in [-0.2, 0) is 0 Å². The van der Waals surface area contributed by atoms with E-state index in [2.05, 4.69) is 25.6 Å². The van der Waals surface area contributed by atoms with E-state index in [9.17, 15) is 9.59 Å². The number of piperidine rings is 1. The normalized spacial score (nSPS) is 18.5. The first-order valence-electron chi connectivity index (χ1n) is 10.6. The lowest BCUT2D eigenvalue weighted by molar-refractivity contribution is 0.0669. The van der Waals surface area contributed by atoms with Gasteiger partial charge in [0.05, 0.1) is 5.54 Å². The molecule has 2 saturated heterocycles. The van der Waals surface area contributed by atoms with Gasteiger partial charge in [0.15, 0.2) is 22.5 Å². The molecule has 0 atom stereocenters. The van der Waals surface area contributed by atoms with Crippen LogP contribution in [0.1, 0.15) is 33.7 Å². The number of halogens is 1. The van der Waals surface area contributed by atoms with E-state index < -0.39 is 5.78 Å². The number of amides is 1. The quantitative estimate of drug-likeness (QED) is 0.288. The minimum atomic E-state index is -0.429. The summed E-state index contributed by atoms with van der Waals surface area (Å²) < 4.78 is 0. The largest absolute Gasteiger partial charge is 0.382 e. The van der Waals surface area contributed by atoms with Crippen molar-refractivity contribution in [3.8, 4) is 0 Å². The minimum absolute atomic E-state index is 0.0245. The zero-order valence-corrected chi connectivity index (χ0v) is 18.4. The number of hydrogen-bond acceptors (Lipinski definition) is 8. The molecule has 0 radical (unpaired) electrons. The smallest absolute Gasteiger partial charge is 0.254 e. The number of nitrogens with one attached hydrogen (secondary N) is 3. The van der Waals surface area contributed by atoms with Gasteiger partial charge in [-0.1, -0.05) is 17.7 Å². The molecule has 1 aromatic carbocycles. The second kappa shape index (κ2) is 7.96. The van der Waals surface area contributed by atoms with Gasteiger partial charge >= 0.3 is 0 Å². The van der Waals surface area contributed by atoms with E-state index in [1.165, 1.54) is 6.08 Å². The zero-order valence-electron chi connectivity index (χ0n) is 17.7. The van der Waals surface area contributed by atoms with Crippen molar-refractivity contribution in [2.24, 2.45) is 0 Å². The van der Waals surface area contributed by atoms with Crippen LogP contribution in [0.25, 0.3) is 10.9 Å². The average molecular weight is 467 g/mol. The molecule has 33 heavy (non-hydrogen) atoms. The van der Waals surface area contributed by atoms with E-state index >= 15 is 0 Å². The van der Waals surface area contributed by atoms with Gasteiger partial charge in [0, 0.05) is 48.4 Å². The summed E-state index contributed by atoms with van der Waals surface area (Å²) in [5.74, 6) is 0.0765. The topological polar surface area (TPSA) is 155 Å². The van der Waals surface area contributed by atoms with Crippen molar-refractivity contribution < 1.29 is 9.59 Å². The molecule has 2 aliphatic rings. The summed E-state index contributed by atoms with van der Waals surface area (Å²) in [4.78, 5) is 38.6. The molecule has 0 bridgehead atoms. The van der Waals surface area contributed by atoms with Crippen molar-refractivity contribution >= 4 is 45.8 Å². The van der Waals surface area contributed by atoms with Gasteiger partial charge in [0.25, 0.3) is 5.91 Å². The highest BCUT2D eigenvalue weighted by atomic mass is 35.5. The number of hydrogen-bond donors (Lipinski definition) is 5. The van der Waals surface area contributed by atoms with E-state index in [1.807, 2.05) is 35.4 Å². The van der Waals surface area contributed by atoms with Crippen LogP contribution in [0.4, 0.5) is 11.6 Å². The number of rotatable bonds is 3. The summed E-state index contributed by atoms with van der Waals surface area (Å²) in [6.45, 7) is 1.87. The number of ketones is 1. The van der Waals surface area contributed by atoms with E-state index in [-0.39, 0.29) is 33.9 Å². The molecule has 2 aromatic heterocycles. The zero-order chi connectivity index (χ0) is 23.2. The highest BCUT2D eigenvalue weighted by molar-refractivity contribution is 6.31. The third-order valence-corrected chi connectivity index (χ3v) is 6.54. The maximum atomic E-state index is 13.1. The maximum absolute atomic E-state index is 13.1. The summed E-state index contributed by atoms with van der Waals surface area (Å²) in [6, 6.07) is 7.64. The molecule has 0 aliphatic carbocycles.